The number of hydrogen-bond acceptors (Lipinski definition) is 3. The third-order valence-electron chi connectivity index (χ3n) is 7.83. The maximum absolute atomic E-state index is 13.4. The fourth-order valence-corrected chi connectivity index (χ4v) is 9.61. The van der Waals surface area contributed by atoms with Crippen LogP contribution in [0.4, 0.5) is 0 Å². The van der Waals surface area contributed by atoms with Crippen LogP contribution in [0, 0.1) is 0 Å². The van der Waals surface area contributed by atoms with Gasteiger partial charge in [-0.3, -0.25) is 0 Å². The predicted molar refractivity (Wildman–Crippen MR) is 148 cm³/mol. The second-order valence-corrected chi connectivity index (χ2v) is 13.9. The van der Waals surface area contributed by atoms with Crippen molar-refractivity contribution in [3.05, 3.63) is 104 Å². The molecule has 0 N–H and O–H groups in total. The summed E-state index contributed by atoms with van der Waals surface area (Å²) in [6.07, 6.45) is 1.83. The Morgan fingerprint density at radius 1 is 0.861 bits per heavy atom. The topological polar surface area (TPSA) is 39.1 Å². The van der Waals surface area contributed by atoms with Gasteiger partial charge in [-0.05, 0) is 0 Å². The van der Waals surface area contributed by atoms with Crippen LogP contribution in [0.5, 0.6) is 0 Å². The molecular weight excluding hydrogens is 578 g/mol. The van der Waals surface area contributed by atoms with Crippen molar-refractivity contribution in [3.63, 3.8) is 0 Å². The minimum atomic E-state index is -0.393. The number of rotatable bonds is 1. The Balaban J connectivity index is 1.35. The fourth-order valence-electron chi connectivity index (χ4n) is 6.02. The number of nitrogens with zero attached hydrogens (tertiary/aromatic N) is 1. The monoisotopic (exact) mass is 599 g/mol. The van der Waals surface area contributed by atoms with Crippen molar-refractivity contribution in [1.82, 2.24) is 4.57 Å². The molecule has 0 saturated carbocycles. The summed E-state index contributed by atoms with van der Waals surface area (Å²) in [6.45, 7) is 4.54. The second kappa shape index (κ2) is 6.95. The second-order valence-electron chi connectivity index (χ2n) is 10.1. The molecule has 0 bridgehead atoms. The number of hydrogen-bond donors (Lipinski definition) is 0. The van der Waals surface area contributed by atoms with E-state index in [2.05, 4.69) is 77.1 Å². The number of fused-ring (bicyclic) bond motifs is 7. The summed E-state index contributed by atoms with van der Waals surface area (Å²) in [5.74, 6) is -0.290. The number of carbonyl (C=O) groups is 2. The molecule has 3 aromatic heterocycles. The number of aromatic nitrogens is 1. The van der Waals surface area contributed by atoms with Crippen LogP contribution in [-0.2, 0) is 5.41 Å². The van der Waals surface area contributed by atoms with Gasteiger partial charge in [0.05, 0.1) is 0 Å². The Kier molecular flexibility index (Phi) is 4.04. The molecular formula is C31H19NO2STe. The van der Waals surface area contributed by atoms with E-state index in [9.17, 15) is 9.59 Å². The van der Waals surface area contributed by atoms with E-state index < -0.39 is 20.4 Å². The van der Waals surface area contributed by atoms with Gasteiger partial charge in [0.15, 0.2) is 0 Å². The molecule has 0 radical (unpaired) electrons. The summed E-state index contributed by atoms with van der Waals surface area (Å²) in [7, 11) is 0. The first-order chi connectivity index (χ1) is 17.4. The van der Waals surface area contributed by atoms with Gasteiger partial charge in [-0.2, -0.15) is 0 Å². The third kappa shape index (κ3) is 2.53. The molecule has 0 amide bonds. The molecule has 1 aliphatic carbocycles. The molecule has 0 saturated heterocycles. The van der Waals surface area contributed by atoms with Crippen LogP contribution in [0.2, 0.25) is 0 Å². The normalized spacial score (nSPS) is 17.0. The number of ketones is 2. The molecule has 8 rings (SSSR count). The Hall–Kier alpha value is -3.23. The van der Waals surface area contributed by atoms with Crippen molar-refractivity contribution < 1.29 is 9.59 Å². The molecule has 172 valence electrons. The first-order valence-corrected chi connectivity index (χ1v) is 15.3. The molecule has 0 fully saturated rings. The summed E-state index contributed by atoms with van der Waals surface area (Å²) < 4.78 is 5.83. The van der Waals surface area contributed by atoms with Crippen molar-refractivity contribution >= 4 is 80.0 Å². The summed E-state index contributed by atoms with van der Waals surface area (Å²) >= 11 is 1.27. The van der Waals surface area contributed by atoms with E-state index in [1.807, 2.05) is 18.2 Å². The molecule has 3 aromatic carbocycles. The van der Waals surface area contributed by atoms with Crippen molar-refractivity contribution in [3.8, 4) is 5.00 Å². The van der Waals surface area contributed by atoms with E-state index in [0.29, 0.717) is 11.1 Å². The Bertz CT molecular complexity index is 1960. The number of carbonyl (C=O) groups excluding carboxylic acids is 2. The molecule has 6 aromatic rings. The van der Waals surface area contributed by atoms with Crippen molar-refractivity contribution in [2.45, 2.75) is 19.3 Å². The molecule has 0 atom stereocenters. The van der Waals surface area contributed by atoms with Crippen LogP contribution in [0.3, 0.4) is 0 Å². The number of allylic oxidation sites excluding steroid dienone is 1. The maximum atomic E-state index is 13.4. The minimum absolute atomic E-state index is 0.139. The van der Waals surface area contributed by atoms with Gasteiger partial charge < -0.3 is 0 Å². The van der Waals surface area contributed by atoms with E-state index in [-0.39, 0.29) is 22.6 Å². The molecule has 3 nitrogen and oxygen atoms in total. The summed E-state index contributed by atoms with van der Waals surface area (Å²) in [4.78, 5) is 27.6. The van der Waals surface area contributed by atoms with Gasteiger partial charge in [0.1, 0.15) is 0 Å². The Labute approximate surface area is 220 Å². The van der Waals surface area contributed by atoms with E-state index >= 15 is 0 Å². The number of para-hydroxylation sites is 2. The van der Waals surface area contributed by atoms with E-state index in [1.54, 1.807) is 11.3 Å². The molecule has 2 aliphatic rings. The number of Topliss-reactive ketones (excluding diaryl/α,β-unsaturated/α-hetero) is 2. The average molecular weight is 597 g/mol. The third-order valence-corrected chi connectivity index (χ3v) is 11.4. The van der Waals surface area contributed by atoms with Crippen LogP contribution < -0.4 is 0 Å². The van der Waals surface area contributed by atoms with Gasteiger partial charge in [-0.15, -0.1) is 0 Å². The van der Waals surface area contributed by atoms with E-state index in [1.165, 1.54) is 41.3 Å². The van der Waals surface area contributed by atoms with Crippen LogP contribution in [-0.4, -0.2) is 36.6 Å². The van der Waals surface area contributed by atoms with Crippen LogP contribution >= 0.6 is 11.3 Å². The van der Waals surface area contributed by atoms with Crippen molar-refractivity contribution in [1.29, 1.82) is 0 Å². The summed E-state index contributed by atoms with van der Waals surface area (Å²) in [5, 5.41) is 4.78. The zero-order chi connectivity index (χ0) is 24.3. The standard InChI is InChI=1S/C31H19NO2STe/c1-31(2)23-8-5-7-19-18-6-3-4-9-25(18)32(27(19)23)30-24(31)14-17(35-30)13-22-28(33)20-12-16-10-11-36-26(16)15-21(20)29(22)34/h3-15H,1-2H3/b22-13-. The molecule has 1 aliphatic heterocycles. The molecule has 4 heterocycles. The van der Waals surface area contributed by atoms with E-state index in [4.69, 9.17) is 0 Å². The first kappa shape index (κ1) is 20.9. The van der Waals surface area contributed by atoms with E-state index in [0.717, 1.165) is 10.3 Å². The number of benzene rings is 3. The Morgan fingerprint density at radius 3 is 2.50 bits per heavy atom. The number of thiophene rings is 1. The van der Waals surface area contributed by atoms with Gasteiger partial charge in [-0.25, -0.2) is 0 Å². The van der Waals surface area contributed by atoms with Gasteiger partial charge >= 0.3 is 192 Å². The van der Waals surface area contributed by atoms with Gasteiger partial charge in [0.2, 0.25) is 0 Å². The van der Waals surface area contributed by atoms with Crippen LogP contribution in [0.25, 0.3) is 41.7 Å². The SMILES string of the molecule is CC1(C)c2cc(/C=C3/C(=O)c4cc5cc[te]c5cc4C3=O)sc2-n2c3ccccc3c3cccc1c32. The van der Waals surface area contributed by atoms with Crippen LogP contribution in [0.15, 0.2) is 76.4 Å². The fraction of sp³-hybridized carbons (Fsp3) is 0.0968. The quantitative estimate of drug-likeness (QED) is 0.115. The molecule has 36 heavy (non-hydrogen) atoms. The summed E-state index contributed by atoms with van der Waals surface area (Å²) in [5.41, 5.74) is 6.18. The summed E-state index contributed by atoms with van der Waals surface area (Å²) in [6, 6.07) is 23.3. The van der Waals surface area contributed by atoms with Crippen molar-refractivity contribution in [2.75, 3.05) is 0 Å². The molecule has 0 spiro atoms. The van der Waals surface area contributed by atoms with Crippen molar-refractivity contribution in [2.24, 2.45) is 0 Å². The average Bonchev–Trinajstić information content (AvgIpc) is 3.63. The van der Waals surface area contributed by atoms with Crippen LogP contribution in [0.1, 0.15) is 50.6 Å². The molecule has 0 unspecified atom stereocenters. The molecule has 5 heteroatoms. The first-order valence-electron chi connectivity index (χ1n) is 11.9. The Morgan fingerprint density at radius 2 is 1.64 bits per heavy atom. The predicted octanol–water partition coefficient (Wildman–Crippen LogP) is 7.16. The van der Waals surface area contributed by atoms with Gasteiger partial charge in [-0.1, -0.05) is 30.3 Å². The van der Waals surface area contributed by atoms with Gasteiger partial charge in [0.25, 0.3) is 0 Å². The zero-order valence-electron chi connectivity index (χ0n) is 19.6. The van der Waals surface area contributed by atoms with Gasteiger partial charge in [0, 0.05) is 0 Å². The zero-order valence-corrected chi connectivity index (χ0v) is 22.7.